The number of nitrogens with one attached hydrogen (secondary N) is 1. The van der Waals surface area contributed by atoms with Gasteiger partial charge in [-0.15, -0.1) is 0 Å². The van der Waals surface area contributed by atoms with Gasteiger partial charge in [0.25, 0.3) is 5.91 Å². The highest BCUT2D eigenvalue weighted by Gasteiger charge is 2.14. The lowest BCUT2D eigenvalue weighted by molar-refractivity contribution is -0.117. The minimum absolute atomic E-state index is 0.0749. The molecule has 0 atom stereocenters. The molecule has 0 aromatic heterocycles. The van der Waals surface area contributed by atoms with Crippen LogP contribution in [0.5, 0.6) is 11.5 Å². The molecule has 0 aliphatic carbocycles. The minimum Gasteiger partial charge on any atom is -0.493 e. The third kappa shape index (κ3) is 6.35. The predicted octanol–water partition coefficient (Wildman–Crippen LogP) is 3.24. The number of hydrogen-bond acceptors (Lipinski definition) is 6. The van der Waals surface area contributed by atoms with Crippen LogP contribution in [0.1, 0.15) is 15.9 Å². The van der Waals surface area contributed by atoms with Gasteiger partial charge in [-0.05, 0) is 48.0 Å². The summed E-state index contributed by atoms with van der Waals surface area (Å²) in [6.07, 6.45) is 1.41. The molecule has 0 radical (unpaired) electrons. The minimum atomic E-state index is -0.571. The number of hydrogen-bond donors (Lipinski definition) is 1. The van der Waals surface area contributed by atoms with Crippen molar-refractivity contribution in [2.75, 3.05) is 27.4 Å². The Morgan fingerprint density at radius 3 is 2.48 bits per heavy atom. The van der Waals surface area contributed by atoms with Crippen molar-refractivity contribution in [2.24, 2.45) is 0 Å². The van der Waals surface area contributed by atoms with E-state index in [0.29, 0.717) is 22.8 Å². The van der Waals surface area contributed by atoms with Gasteiger partial charge in [0.1, 0.15) is 11.6 Å². The Hall–Kier alpha value is -3.34. The molecule has 150 valence electrons. The van der Waals surface area contributed by atoms with Gasteiger partial charge >= 0.3 is 5.97 Å². The van der Waals surface area contributed by atoms with Gasteiger partial charge in [0, 0.05) is 18.7 Å². The molecule has 29 heavy (non-hydrogen) atoms. The average molecular weight is 415 g/mol. The van der Waals surface area contributed by atoms with Crippen LogP contribution in [-0.4, -0.2) is 39.2 Å². The van der Waals surface area contributed by atoms with E-state index in [1.807, 2.05) is 6.07 Å². The molecule has 0 spiro atoms. The summed E-state index contributed by atoms with van der Waals surface area (Å²) in [6.45, 7) is 0.628. The molecule has 0 fully saturated rings. The second-order valence-electron chi connectivity index (χ2n) is 5.73. The van der Waals surface area contributed by atoms with Gasteiger partial charge in [-0.25, -0.2) is 4.79 Å². The number of benzene rings is 2. The van der Waals surface area contributed by atoms with Crippen molar-refractivity contribution in [3.8, 4) is 17.6 Å². The van der Waals surface area contributed by atoms with E-state index in [0.717, 1.165) is 0 Å². The summed E-state index contributed by atoms with van der Waals surface area (Å²) in [5.74, 6) is -0.606. The maximum absolute atomic E-state index is 12.3. The summed E-state index contributed by atoms with van der Waals surface area (Å²) < 4.78 is 15.5. The predicted molar refractivity (Wildman–Crippen MR) is 108 cm³/mol. The molecule has 2 aromatic carbocycles. The molecule has 8 heteroatoms. The topological polar surface area (TPSA) is 97.6 Å². The highest BCUT2D eigenvalue weighted by Crippen LogP contribution is 2.29. The maximum atomic E-state index is 12.3. The molecular formula is C21H19ClN2O5. The number of nitriles is 1. The summed E-state index contributed by atoms with van der Waals surface area (Å²) in [5.41, 5.74) is 0.792. The van der Waals surface area contributed by atoms with Crippen LogP contribution >= 0.6 is 11.6 Å². The average Bonchev–Trinajstić information content (AvgIpc) is 2.73. The molecular weight excluding hydrogens is 396 g/mol. The Labute approximate surface area is 173 Å². The van der Waals surface area contributed by atoms with E-state index in [-0.39, 0.29) is 23.6 Å². The normalized spacial score (nSPS) is 10.8. The fourth-order valence-corrected chi connectivity index (χ4v) is 2.41. The quantitative estimate of drug-likeness (QED) is 0.234. The van der Waals surface area contributed by atoms with E-state index in [1.165, 1.54) is 26.4 Å². The second kappa shape index (κ2) is 10.9. The fraction of sp³-hybridized carbons (Fsp3) is 0.190. The van der Waals surface area contributed by atoms with Crippen LogP contribution in [0, 0.1) is 11.3 Å². The van der Waals surface area contributed by atoms with Crippen LogP contribution in [0.2, 0.25) is 5.02 Å². The first-order valence-corrected chi connectivity index (χ1v) is 8.91. The molecule has 7 nitrogen and oxygen atoms in total. The first-order chi connectivity index (χ1) is 14.0. The number of carbonyl (C=O) groups is 2. The lowest BCUT2D eigenvalue weighted by atomic mass is 10.1. The van der Waals surface area contributed by atoms with Crippen molar-refractivity contribution in [2.45, 2.75) is 0 Å². The summed E-state index contributed by atoms with van der Waals surface area (Å²) in [6, 6.07) is 12.8. The Kier molecular flexibility index (Phi) is 8.22. The number of methoxy groups -OCH3 is 2. The molecule has 0 bridgehead atoms. The van der Waals surface area contributed by atoms with E-state index >= 15 is 0 Å². The first kappa shape index (κ1) is 22.0. The van der Waals surface area contributed by atoms with Crippen molar-refractivity contribution < 1.29 is 23.8 Å². The lowest BCUT2D eigenvalue weighted by Gasteiger charge is -2.10. The molecule has 0 aliphatic rings. The van der Waals surface area contributed by atoms with Crippen LogP contribution in [-0.2, 0) is 9.53 Å². The van der Waals surface area contributed by atoms with Gasteiger partial charge in [0.2, 0.25) is 0 Å². The number of amides is 1. The lowest BCUT2D eigenvalue weighted by Crippen LogP contribution is -2.27. The number of halogens is 1. The summed E-state index contributed by atoms with van der Waals surface area (Å²) in [7, 11) is 2.94. The van der Waals surface area contributed by atoms with Crippen molar-refractivity contribution in [3.63, 3.8) is 0 Å². The monoisotopic (exact) mass is 414 g/mol. The van der Waals surface area contributed by atoms with E-state index in [2.05, 4.69) is 5.32 Å². The van der Waals surface area contributed by atoms with Crippen LogP contribution in [0.25, 0.3) is 6.08 Å². The molecule has 1 amide bonds. The van der Waals surface area contributed by atoms with Gasteiger partial charge in [-0.3, -0.25) is 4.79 Å². The molecule has 0 saturated heterocycles. The van der Waals surface area contributed by atoms with Gasteiger partial charge < -0.3 is 19.5 Å². The van der Waals surface area contributed by atoms with E-state index in [9.17, 15) is 14.9 Å². The summed E-state index contributed by atoms with van der Waals surface area (Å²) in [4.78, 5) is 24.3. The number of esters is 1. The zero-order valence-electron chi connectivity index (χ0n) is 15.9. The van der Waals surface area contributed by atoms with Gasteiger partial charge in [0.05, 0.1) is 19.3 Å². The SMILES string of the molecule is COCCNC(=O)/C(C#N)=C/c1ccc(OC(=O)c2ccc(Cl)cc2)c(OC)c1. The van der Waals surface area contributed by atoms with Crippen molar-refractivity contribution in [1.82, 2.24) is 5.32 Å². The standard InChI is InChI=1S/C21H19ClN2O5/c1-27-10-9-24-20(25)16(13-23)11-14-3-8-18(19(12-14)28-2)29-21(26)15-4-6-17(22)7-5-15/h3-8,11-12H,9-10H2,1-2H3,(H,24,25)/b16-11+. The number of nitrogens with zero attached hydrogens (tertiary/aromatic N) is 1. The zero-order chi connectivity index (χ0) is 21.2. The van der Waals surface area contributed by atoms with Gasteiger partial charge in [-0.1, -0.05) is 17.7 Å². The molecule has 2 rings (SSSR count). The third-order valence-corrected chi connectivity index (χ3v) is 3.99. The molecule has 0 saturated carbocycles. The van der Waals surface area contributed by atoms with Crippen molar-refractivity contribution in [3.05, 3.63) is 64.2 Å². The van der Waals surface area contributed by atoms with E-state index in [4.69, 9.17) is 25.8 Å². The Bertz CT molecular complexity index is 949. The third-order valence-electron chi connectivity index (χ3n) is 3.74. The maximum Gasteiger partial charge on any atom is 0.343 e. The van der Waals surface area contributed by atoms with Crippen molar-refractivity contribution >= 4 is 29.6 Å². The second-order valence-corrected chi connectivity index (χ2v) is 6.16. The largest absolute Gasteiger partial charge is 0.493 e. The Morgan fingerprint density at radius 2 is 1.86 bits per heavy atom. The highest BCUT2D eigenvalue weighted by atomic mass is 35.5. The molecule has 0 aliphatic heterocycles. The summed E-state index contributed by atoms with van der Waals surface area (Å²) in [5, 5.41) is 12.3. The van der Waals surface area contributed by atoms with Crippen LogP contribution in [0.3, 0.4) is 0 Å². The van der Waals surface area contributed by atoms with Crippen molar-refractivity contribution in [1.29, 1.82) is 5.26 Å². The smallest absolute Gasteiger partial charge is 0.343 e. The Balaban J connectivity index is 2.18. The molecule has 1 N–H and O–H groups in total. The summed E-state index contributed by atoms with van der Waals surface area (Å²) >= 11 is 5.82. The van der Waals surface area contributed by atoms with Crippen LogP contribution in [0.4, 0.5) is 0 Å². The fourth-order valence-electron chi connectivity index (χ4n) is 2.28. The number of carbonyl (C=O) groups excluding carboxylic acids is 2. The molecule has 0 heterocycles. The van der Waals surface area contributed by atoms with Crippen LogP contribution < -0.4 is 14.8 Å². The van der Waals surface area contributed by atoms with Crippen LogP contribution in [0.15, 0.2) is 48.0 Å². The van der Waals surface area contributed by atoms with E-state index < -0.39 is 11.9 Å². The first-order valence-electron chi connectivity index (χ1n) is 8.53. The van der Waals surface area contributed by atoms with E-state index in [1.54, 1.807) is 36.4 Å². The Morgan fingerprint density at radius 1 is 1.14 bits per heavy atom. The van der Waals surface area contributed by atoms with Gasteiger partial charge in [-0.2, -0.15) is 5.26 Å². The number of ether oxygens (including phenoxy) is 3. The number of rotatable bonds is 8. The molecule has 2 aromatic rings. The van der Waals surface area contributed by atoms with Gasteiger partial charge in [0.15, 0.2) is 11.5 Å². The highest BCUT2D eigenvalue weighted by molar-refractivity contribution is 6.30. The molecule has 0 unspecified atom stereocenters. The zero-order valence-corrected chi connectivity index (χ0v) is 16.7.